The van der Waals surface area contributed by atoms with E-state index < -0.39 is 17.8 Å². The summed E-state index contributed by atoms with van der Waals surface area (Å²) in [6.07, 6.45) is -4.56. The molecule has 102 valence electrons. The van der Waals surface area contributed by atoms with Gasteiger partial charge < -0.3 is 10.4 Å². The number of pyridine rings is 1. The van der Waals surface area contributed by atoms with Crippen LogP contribution in [-0.4, -0.2) is 22.2 Å². The summed E-state index contributed by atoms with van der Waals surface area (Å²) in [4.78, 5) is 3.64. The number of hydrogen-bond acceptors (Lipinski definition) is 3. The molecule has 1 unspecified atom stereocenters. The number of rotatable bonds is 3. The molecule has 0 radical (unpaired) electrons. The van der Waals surface area contributed by atoms with Crippen molar-refractivity contribution in [2.45, 2.75) is 38.6 Å². The van der Waals surface area contributed by atoms with Crippen LogP contribution in [-0.2, 0) is 6.18 Å². The van der Waals surface area contributed by atoms with E-state index in [1.54, 1.807) is 0 Å². The molecule has 18 heavy (non-hydrogen) atoms. The summed E-state index contributed by atoms with van der Waals surface area (Å²) in [5, 5.41) is 12.7. The highest BCUT2D eigenvalue weighted by atomic mass is 19.4. The highest BCUT2D eigenvalue weighted by Crippen LogP contribution is 2.33. The average Bonchev–Trinajstić information content (AvgIpc) is 2.24. The summed E-state index contributed by atoms with van der Waals surface area (Å²) in [7, 11) is 0. The number of nitrogens with one attached hydrogen (secondary N) is 1. The Kier molecular flexibility index (Phi) is 4.34. The van der Waals surface area contributed by atoms with Crippen molar-refractivity contribution in [2.24, 2.45) is 0 Å². The number of hydrogen-bond donors (Lipinski definition) is 2. The fraction of sp³-hybridized carbons (Fsp3) is 0.583. The Bertz CT molecular complexity index is 399. The van der Waals surface area contributed by atoms with Crippen molar-refractivity contribution < 1.29 is 18.3 Å². The Balaban J connectivity index is 2.89. The Morgan fingerprint density at radius 2 is 1.94 bits per heavy atom. The van der Waals surface area contributed by atoms with E-state index in [-0.39, 0.29) is 17.8 Å². The van der Waals surface area contributed by atoms with E-state index >= 15 is 0 Å². The van der Waals surface area contributed by atoms with Crippen LogP contribution in [0.5, 0.6) is 0 Å². The van der Waals surface area contributed by atoms with Gasteiger partial charge in [0.15, 0.2) is 0 Å². The van der Waals surface area contributed by atoms with Gasteiger partial charge in [0.25, 0.3) is 0 Å². The van der Waals surface area contributed by atoms with Crippen LogP contribution < -0.4 is 5.32 Å². The zero-order chi connectivity index (χ0) is 14.0. The molecular formula is C12H17F3N2O. The summed E-state index contributed by atoms with van der Waals surface area (Å²) in [5.74, 6) is 0. The van der Waals surface area contributed by atoms with Gasteiger partial charge in [-0.15, -0.1) is 0 Å². The standard InChI is InChI=1S/C12H17F3N2O/c1-11(2,3)17-7-9(18)10-8(12(13,14)15)5-4-6-16-10/h4-6,9,17-18H,7H2,1-3H3. The van der Waals surface area contributed by atoms with Crippen molar-refractivity contribution in [2.75, 3.05) is 6.54 Å². The molecule has 1 atom stereocenters. The molecule has 1 aromatic heterocycles. The first-order valence-corrected chi connectivity index (χ1v) is 5.56. The average molecular weight is 262 g/mol. The summed E-state index contributed by atoms with van der Waals surface area (Å²) in [5.41, 5.74) is -1.52. The molecule has 6 heteroatoms. The van der Waals surface area contributed by atoms with Crippen molar-refractivity contribution in [3.63, 3.8) is 0 Å². The van der Waals surface area contributed by atoms with Crippen LogP contribution in [0.25, 0.3) is 0 Å². The summed E-state index contributed by atoms with van der Waals surface area (Å²) in [6.45, 7) is 5.61. The van der Waals surface area contributed by atoms with Gasteiger partial charge in [-0.25, -0.2) is 0 Å². The van der Waals surface area contributed by atoms with E-state index in [1.807, 2.05) is 20.8 Å². The molecule has 1 rings (SSSR count). The van der Waals surface area contributed by atoms with E-state index in [0.717, 1.165) is 6.07 Å². The highest BCUT2D eigenvalue weighted by molar-refractivity contribution is 5.25. The maximum atomic E-state index is 12.7. The molecule has 1 heterocycles. The molecular weight excluding hydrogens is 245 g/mol. The monoisotopic (exact) mass is 262 g/mol. The molecule has 3 nitrogen and oxygen atoms in total. The maximum Gasteiger partial charge on any atom is 0.418 e. The van der Waals surface area contributed by atoms with E-state index in [0.29, 0.717) is 0 Å². The Hall–Kier alpha value is -1.14. The van der Waals surface area contributed by atoms with Crippen LogP contribution in [0, 0.1) is 0 Å². The molecule has 0 aliphatic carbocycles. The second-order valence-corrected chi connectivity index (χ2v) is 5.08. The number of β-amino-alcohol motifs (C(OH)–C–C–N with tert-alkyl or cyclic N) is 1. The summed E-state index contributed by atoms with van der Waals surface area (Å²) < 4.78 is 38.1. The normalized spacial score (nSPS) is 14.6. The minimum Gasteiger partial charge on any atom is -0.385 e. The van der Waals surface area contributed by atoms with Crippen LogP contribution in [0.4, 0.5) is 13.2 Å². The molecule has 0 fully saturated rings. The molecule has 0 saturated heterocycles. The van der Waals surface area contributed by atoms with Gasteiger partial charge in [-0.3, -0.25) is 4.98 Å². The zero-order valence-corrected chi connectivity index (χ0v) is 10.5. The second-order valence-electron chi connectivity index (χ2n) is 5.08. The molecule has 1 aromatic rings. The number of aliphatic hydroxyl groups excluding tert-OH is 1. The fourth-order valence-electron chi connectivity index (χ4n) is 1.42. The molecule has 0 bridgehead atoms. The third-order valence-corrected chi connectivity index (χ3v) is 2.29. The quantitative estimate of drug-likeness (QED) is 0.879. The van der Waals surface area contributed by atoms with Crippen molar-refractivity contribution >= 4 is 0 Å². The lowest BCUT2D eigenvalue weighted by atomic mass is 10.1. The van der Waals surface area contributed by atoms with Crippen molar-refractivity contribution in [1.82, 2.24) is 10.3 Å². The summed E-state index contributed by atoms with van der Waals surface area (Å²) >= 11 is 0. The molecule has 2 N–H and O–H groups in total. The van der Waals surface area contributed by atoms with Gasteiger partial charge in [-0.05, 0) is 32.9 Å². The minimum atomic E-state index is -4.51. The lowest BCUT2D eigenvalue weighted by molar-refractivity contribution is -0.139. The smallest absolute Gasteiger partial charge is 0.385 e. The predicted octanol–water partition coefficient (Wildman–Crippen LogP) is 2.52. The van der Waals surface area contributed by atoms with Crippen LogP contribution in [0.2, 0.25) is 0 Å². The molecule has 0 spiro atoms. The number of halogens is 3. The summed E-state index contributed by atoms with van der Waals surface area (Å²) in [6, 6.07) is 2.12. The SMILES string of the molecule is CC(C)(C)NCC(O)c1ncccc1C(F)(F)F. The fourth-order valence-corrected chi connectivity index (χ4v) is 1.42. The largest absolute Gasteiger partial charge is 0.418 e. The van der Waals surface area contributed by atoms with E-state index in [1.165, 1.54) is 12.3 Å². The molecule has 0 saturated carbocycles. The molecule has 0 aromatic carbocycles. The van der Waals surface area contributed by atoms with Gasteiger partial charge in [0, 0.05) is 18.3 Å². The maximum absolute atomic E-state index is 12.7. The van der Waals surface area contributed by atoms with Gasteiger partial charge in [-0.2, -0.15) is 13.2 Å². The van der Waals surface area contributed by atoms with E-state index in [2.05, 4.69) is 10.3 Å². The predicted molar refractivity (Wildman–Crippen MR) is 62.0 cm³/mol. The van der Waals surface area contributed by atoms with Crippen molar-refractivity contribution in [3.05, 3.63) is 29.6 Å². The van der Waals surface area contributed by atoms with Gasteiger partial charge in [0.1, 0.15) is 6.10 Å². The van der Waals surface area contributed by atoms with E-state index in [9.17, 15) is 18.3 Å². The first-order chi connectivity index (χ1) is 8.11. The van der Waals surface area contributed by atoms with E-state index in [4.69, 9.17) is 0 Å². The third kappa shape index (κ3) is 4.27. The van der Waals surface area contributed by atoms with Crippen LogP contribution in [0.15, 0.2) is 18.3 Å². The topological polar surface area (TPSA) is 45.1 Å². The van der Waals surface area contributed by atoms with Gasteiger partial charge in [-0.1, -0.05) is 0 Å². The van der Waals surface area contributed by atoms with Crippen molar-refractivity contribution in [3.8, 4) is 0 Å². The Labute approximate surface area is 104 Å². The lowest BCUT2D eigenvalue weighted by Crippen LogP contribution is -2.39. The van der Waals surface area contributed by atoms with Crippen molar-refractivity contribution in [1.29, 1.82) is 0 Å². The van der Waals surface area contributed by atoms with Gasteiger partial charge in [0.05, 0.1) is 11.3 Å². The first-order valence-electron chi connectivity index (χ1n) is 5.56. The number of aliphatic hydroxyl groups is 1. The Morgan fingerprint density at radius 3 is 2.44 bits per heavy atom. The molecule has 0 aliphatic rings. The second kappa shape index (κ2) is 5.24. The Morgan fingerprint density at radius 1 is 1.33 bits per heavy atom. The number of aromatic nitrogens is 1. The van der Waals surface area contributed by atoms with Gasteiger partial charge >= 0.3 is 6.18 Å². The highest BCUT2D eigenvalue weighted by Gasteiger charge is 2.35. The van der Waals surface area contributed by atoms with Gasteiger partial charge in [0.2, 0.25) is 0 Å². The number of alkyl halides is 3. The van der Waals surface area contributed by atoms with Crippen LogP contribution in [0.3, 0.4) is 0 Å². The van der Waals surface area contributed by atoms with Crippen LogP contribution >= 0.6 is 0 Å². The molecule has 0 amide bonds. The minimum absolute atomic E-state index is 0.0175. The zero-order valence-electron chi connectivity index (χ0n) is 10.5. The molecule has 0 aliphatic heterocycles. The lowest BCUT2D eigenvalue weighted by Gasteiger charge is -2.23. The third-order valence-electron chi connectivity index (χ3n) is 2.29. The number of nitrogens with zero attached hydrogens (tertiary/aromatic N) is 1. The first kappa shape index (κ1) is 14.9. The van der Waals surface area contributed by atoms with Crippen LogP contribution in [0.1, 0.15) is 38.1 Å².